The number of hydrogen-bond donors (Lipinski definition) is 0. The molecule has 1 aliphatic carbocycles. The number of nitrogens with zero attached hydrogens (tertiary/aromatic N) is 2. The van der Waals surface area contributed by atoms with Crippen LogP contribution in [0.4, 0.5) is 4.39 Å². The van der Waals surface area contributed by atoms with Crippen molar-refractivity contribution >= 4 is 0 Å². The van der Waals surface area contributed by atoms with Crippen molar-refractivity contribution in [3.05, 3.63) is 83.3 Å². The Kier molecular flexibility index (Phi) is 3.82. The normalized spacial score (nSPS) is 27.6. The molecule has 5 rings (SSSR count). The van der Waals surface area contributed by atoms with Gasteiger partial charge in [-0.2, -0.15) is 0 Å². The molecule has 4 atom stereocenters. The highest BCUT2D eigenvalue weighted by atomic mass is 19.1. The van der Waals surface area contributed by atoms with Crippen molar-refractivity contribution in [2.45, 2.75) is 36.7 Å². The fraction of sp³-hybridized carbons (Fsp3) is 0.333. The van der Waals surface area contributed by atoms with Gasteiger partial charge in [-0.1, -0.05) is 48.5 Å². The smallest absolute Gasteiger partial charge is 0.222 e. The van der Waals surface area contributed by atoms with E-state index < -0.39 is 0 Å². The van der Waals surface area contributed by atoms with E-state index in [1.807, 2.05) is 30.3 Å². The van der Waals surface area contributed by atoms with E-state index in [2.05, 4.69) is 22.3 Å². The van der Waals surface area contributed by atoms with E-state index >= 15 is 0 Å². The number of rotatable bonds is 4. The van der Waals surface area contributed by atoms with Gasteiger partial charge in [0, 0.05) is 12.5 Å². The van der Waals surface area contributed by atoms with E-state index in [0.717, 1.165) is 24.0 Å². The van der Waals surface area contributed by atoms with Gasteiger partial charge in [0.1, 0.15) is 5.82 Å². The predicted octanol–water partition coefficient (Wildman–Crippen LogP) is 4.73. The molecule has 0 radical (unpaired) electrons. The summed E-state index contributed by atoms with van der Waals surface area (Å²) in [5, 5.41) is 8.56. The van der Waals surface area contributed by atoms with Gasteiger partial charge in [-0.25, -0.2) is 4.39 Å². The van der Waals surface area contributed by atoms with Gasteiger partial charge in [0.05, 0.1) is 12.0 Å². The third-order valence-corrected chi connectivity index (χ3v) is 5.41. The summed E-state index contributed by atoms with van der Waals surface area (Å²) in [6.45, 7) is 0.684. The van der Waals surface area contributed by atoms with E-state index in [1.165, 1.54) is 6.07 Å². The van der Waals surface area contributed by atoms with Crippen molar-refractivity contribution in [1.29, 1.82) is 0 Å². The summed E-state index contributed by atoms with van der Waals surface area (Å²) in [6, 6.07) is 17.1. The van der Waals surface area contributed by atoms with E-state index in [4.69, 9.17) is 9.15 Å². The Hall–Kier alpha value is -2.53. The van der Waals surface area contributed by atoms with Gasteiger partial charge in [0.2, 0.25) is 11.8 Å². The molecular weight excluding hydrogens is 331 g/mol. The van der Waals surface area contributed by atoms with Crippen LogP contribution in [0.1, 0.15) is 59.6 Å². The first kappa shape index (κ1) is 15.7. The van der Waals surface area contributed by atoms with Crippen LogP contribution < -0.4 is 0 Å². The maximum Gasteiger partial charge on any atom is 0.222 e. The summed E-state index contributed by atoms with van der Waals surface area (Å²) in [5.74, 6) is 1.41. The fourth-order valence-corrected chi connectivity index (χ4v) is 3.95. The first-order valence-electron chi connectivity index (χ1n) is 9.05. The largest absolute Gasteiger partial charge is 0.425 e. The maximum absolute atomic E-state index is 14.0. The Labute approximate surface area is 151 Å². The Balaban J connectivity index is 1.36. The molecule has 0 unspecified atom stereocenters. The number of aromatic nitrogens is 2. The molecule has 26 heavy (non-hydrogen) atoms. The summed E-state index contributed by atoms with van der Waals surface area (Å²) < 4.78 is 25.9. The second kappa shape index (κ2) is 6.32. The Morgan fingerprint density at radius 1 is 0.846 bits per heavy atom. The molecule has 0 N–H and O–H groups in total. The molecule has 2 aliphatic rings. The standard InChI is InChI=1S/C21H19FN2O2/c22-18-9-5-4-8-14(18)16-12-17(16)21-24-23-20(26-21)15-10-11-25-19(15)13-6-2-1-3-7-13/h1-9,15-17,19H,10-12H2/t15-,16-,17-,19+/m0/s1. The van der Waals surface area contributed by atoms with Crippen LogP contribution in [-0.2, 0) is 4.74 Å². The van der Waals surface area contributed by atoms with Crippen molar-refractivity contribution in [2.75, 3.05) is 6.61 Å². The van der Waals surface area contributed by atoms with Crippen molar-refractivity contribution < 1.29 is 13.5 Å². The van der Waals surface area contributed by atoms with Crippen molar-refractivity contribution in [1.82, 2.24) is 10.2 Å². The molecule has 2 fully saturated rings. The van der Waals surface area contributed by atoms with Crippen molar-refractivity contribution in [3.63, 3.8) is 0 Å². The van der Waals surface area contributed by atoms with E-state index in [-0.39, 0.29) is 29.7 Å². The lowest BCUT2D eigenvalue weighted by molar-refractivity contribution is 0.0997. The molecule has 2 aromatic carbocycles. The molecular formula is C21H19FN2O2. The van der Waals surface area contributed by atoms with Gasteiger partial charge in [-0.3, -0.25) is 0 Å². The first-order valence-corrected chi connectivity index (χ1v) is 9.05. The third kappa shape index (κ3) is 2.72. The molecule has 5 heteroatoms. The summed E-state index contributed by atoms with van der Waals surface area (Å²) in [6.07, 6.45) is 1.67. The average molecular weight is 350 g/mol. The predicted molar refractivity (Wildman–Crippen MR) is 93.3 cm³/mol. The Morgan fingerprint density at radius 2 is 1.58 bits per heavy atom. The number of halogens is 1. The molecule has 0 bridgehead atoms. The summed E-state index contributed by atoms with van der Waals surface area (Å²) >= 11 is 0. The van der Waals surface area contributed by atoms with Crippen LogP contribution >= 0.6 is 0 Å². The molecule has 0 amide bonds. The Bertz CT molecular complexity index is 911. The SMILES string of the molecule is Fc1ccccc1[C@@H]1C[C@@H]1c1nnc([C@H]2CCO[C@@H]2c2ccccc2)o1. The van der Waals surface area contributed by atoms with E-state index in [0.29, 0.717) is 18.4 Å². The van der Waals surface area contributed by atoms with Crippen LogP contribution in [0.5, 0.6) is 0 Å². The molecule has 1 aliphatic heterocycles. The summed E-state index contributed by atoms with van der Waals surface area (Å²) in [5.41, 5.74) is 1.87. The summed E-state index contributed by atoms with van der Waals surface area (Å²) in [7, 11) is 0. The molecule has 1 saturated heterocycles. The van der Waals surface area contributed by atoms with Crippen LogP contribution in [-0.4, -0.2) is 16.8 Å². The first-order chi connectivity index (χ1) is 12.8. The second-order valence-corrected chi connectivity index (χ2v) is 7.05. The average Bonchev–Trinajstić information content (AvgIpc) is 3.08. The zero-order valence-electron chi connectivity index (χ0n) is 14.2. The van der Waals surface area contributed by atoms with Crippen molar-refractivity contribution in [3.8, 4) is 0 Å². The van der Waals surface area contributed by atoms with Crippen LogP contribution in [0.25, 0.3) is 0 Å². The minimum atomic E-state index is -0.159. The van der Waals surface area contributed by atoms with Gasteiger partial charge in [0.25, 0.3) is 0 Å². The van der Waals surface area contributed by atoms with E-state index in [1.54, 1.807) is 6.07 Å². The lowest BCUT2D eigenvalue weighted by Gasteiger charge is -2.15. The lowest BCUT2D eigenvalue weighted by atomic mass is 9.95. The lowest BCUT2D eigenvalue weighted by Crippen LogP contribution is -2.06. The molecule has 132 valence electrons. The molecule has 1 saturated carbocycles. The molecule has 2 heterocycles. The van der Waals surface area contributed by atoms with Gasteiger partial charge < -0.3 is 9.15 Å². The highest BCUT2D eigenvalue weighted by Crippen LogP contribution is 2.55. The minimum Gasteiger partial charge on any atom is -0.425 e. The highest BCUT2D eigenvalue weighted by molar-refractivity contribution is 5.32. The fourth-order valence-electron chi connectivity index (χ4n) is 3.95. The van der Waals surface area contributed by atoms with Gasteiger partial charge in [0.15, 0.2) is 0 Å². The zero-order valence-corrected chi connectivity index (χ0v) is 14.2. The monoisotopic (exact) mass is 350 g/mol. The number of ether oxygens (including phenoxy) is 1. The van der Waals surface area contributed by atoms with E-state index in [9.17, 15) is 4.39 Å². The maximum atomic E-state index is 14.0. The molecule has 4 nitrogen and oxygen atoms in total. The molecule has 0 spiro atoms. The number of benzene rings is 2. The van der Waals surface area contributed by atoms with Crippen LogP contribution in [0.2, 0.25) is 0 Å². The molecule has 3 aromatic rings. The molecule has 1 aromatic heterocycles. The van der Waals surface area contributed by atoms with Crippen LogP contribution in [0, 0.1) is 5.82 Å². The highest BCUT2D eigenvalue weighted by Gasteiger charge is 2.45. The van der Waals surface area contributed by atoms with Gasteiger partial charge in [-0.15, -0.1) is 10.2 Å². The quantitative estimate of drug-likeness (QED) is 0.683. The number of hydrogen-bond acceptors (Lipinski definition) is 4. The van der Waals surface area contributed by atoms with Gasteiger partial charge >= 0.3 is 0 Å². The second-order valence-electron chi connectivity index (χ2n) is 7.05. The third-order valence-electron chi connectivity index (χ3n) is 5.41. The zero-order chi connectivity index (χ0) is 17.5. The van der Waals surface area contributed by atoms with Crippen molar-refractivity contribution in [2.24, 2.45) is 0 Å². The van der Waals surface area contributed by atoms with Crippen LogP contribution in [0.3, 0.4) is 0 Å². The van der Waals surface area contributed by atoms with Crippen LogP contribution in [0.15, 0.2) is 59.0 Å². The topological polar surface area (TPSA) is 48.2 Å². The van der Waals surface area contributed by atoms with Gasteiger partial charge in [-0.05, 0) is 36.0 Å². The summed E-state index contributed by atoms with van der Waals surface area (Å²) in [4.78, 5) is 0. The minimum absolute atomic E-state index is 0.0499. The Morgan fingerprint density at radius 3 is 2.38 bits per heavy atom.